The van der Waals surface area contributed by atoms with Crippen molar-refractivity contribution < 1.29 is 18.7 Å². The molecule has 2 aromatic carbocycles. The zero-order valence-electron chi connectivity index (χ0n) is 9.98. The van der Waals surface area contributed by atoms with Crippen LogP contribution in [-0.2, 0) is 0 Å². The molecule has 0 amide bonds. The number of benzene rings is 2. The van der Waals surface area contributed by atoms with E-state index in [1.807, 2.05) is 0 Å². The smallest absolute Gasteiger partial charge is 0.173 e. The Morgan fingerprint density at radius 3 is 2.60 bits per heavy atom. The first-order valence-corrected chi connectivity index (χ1v) is 6.21. The Bertz CT molecular complexity index is 677. The number of hydrogen-bond donors (Lipinski definition) is 2. The van der Waals surface area contributed by atoms with Gasteiger partial charge in [0.15, 0.2) is 5.84 Å². The van der Waals surface area contributed by atoms with Crippen LogP contribution in [0.4, 0.5) is 8.78 Å². The van der Waals surface area contributed by atoms with Crippen molar-refractivity contribution in [3.05, 3.63) is 58.1 Å². The molecule has 0 aliphatic rings. The quantitative estimate of drug-likeness (QED) is 0.387. The van der Waals surface area contributed by atoms with Gasteiger partial charge in [-0.15, -0.1) is 0 Å². The van der Waals surface area contributed by atoms with Crippen molar-refractivity contribution >= 4 is 21.8 Å². The highest BCUT2D eigenvalue weighted by Gasteiger charge is 2.12. The molecule has 2 aromatic rings. The Kier molecular flexibility index (Phi) is 4.19. The molecule has 7 heteroatoms. The van der Waals surface area contributed by atoms with Crippen LogP contribution >= 0.6 is 15.9 Å². The molecule has 3 N–H and O–H groups in total. The maximum Gasteiger partial charge on any atom is 0.173 e. The molecule has 0 aliphatic carbocycles. The van der Waals surface area contributed by atoms with Gasteiger partial charge >= 0.3 is 0 Å². The summed E-state index contributed by atoms with van der Waals surface area (Å²) in [5.41, 5.74) is 5.51. The van der Waals surface area contributed by atoms with Crippen molar-refractivity contribution in [2.75, 3.05) is 0 Å². The number of oxime groups is 1. The number of nitrogens with zero attached hydrogens (tertiary/aromatic N) is 1. The number of rotatable bonds is 3. The third kappa shape index (κ3) is 3.05. The highest BCUT2D eigenvalue weighted by atomic mass is 79.9. The van der Waals surface area contributed by atoms with Gasteiger partial charge in [-0.1, -0.05) is 5.16 Å². The molecule has 0 radical (unpaired) electrons. The lowest BCUT2D eigenvalue weighted by molar-refractivity contribution is 0.318. The van der Waals surface area contributed by atoms with Crippen LogP contribution in [-0.4, -0.2) is 11.0 Å². The van der Waals surface area contributed by atoms with Gasteiger partial charge in [-0.25, -0.2) is 8.78 Å². The minimum absolute atomic E-state index is 0.0656. The Balaban J connectivity index is 2.40. The molecule has 2 rings (SSSR count). The van der Waals surface area contributed by atoms with Gasteiger partial charge in [0, 0.05) is 6.07 Å². The molecule has 0 atom stereocenters. The van der Waals surface area contributed by atoms with Crippen LogP contribution in [0, 0.1) is 11.6 Å². The molecule has 0 spiro atoms. The fraction of sp³-hybridized carbons (Fsp3) is 0. The standard InChI is InChI=1S/C13H9BrF2N2O2/c14-10-3-2-8(6-11(10)16)20-12-4-1-7(15)5-9(12)13(17)18-19/h1-6,19H,(H2,17,18). The second-order valence-electron chi connectivity index (χ2n) is 3.80. The molecule has 0 heterocycles. The summed E-state index contributed by atoms with van der Waals surface area (Å²) in [6.07, 6.45) is 0. The first-order chi connectivity index (χ1) is 9.51. The van der Waals surface area contributed by atoms with Crippen molar-refractivity contribution in [2.24, 2.45) is 10.9 Å². The maximum atomic E-state index is 13.4. The summed E-state index contributed by atoms with van der Waals surface area (Å²) >= 11 is 3.02. The fourth-order valence-corrected chi connectivity index (χ4v) is 1.76. The largest absolute Gasteiger partial charge is 0.456 e. The predicted molar refractivity (Wildman–Crippen MR) is 73.1 cm³/mol. The third-order valence-corrected chi connectivity index (χ3v) is 3.09. The first kappa shape index (κ1) is 14.3. The third-order valence-electron chi connectivity index (χ3n) is 2.44. The minimum atomic E-state index is -0.569. The van der Waals surface area contributed by atoms with E-state index in [-0.39, 0.29) is 22.9 Å². The molecule has 0 bridgehead atoms. The van der Waals surface area contributed by atoms with Crippen LogP contribution in [0.25, 0.3) is 0 Å². The van der Waals surface area contributed by atoms with Crippen molar-refractivity contribution in [1.29, 1.82) is 0 Å². The average molecular weight is 343 g/mol. The SMILES string of the molecule is NC(=NO)c1cc(F)ccc1Oc1ccc(Br)c(F)c1. The van der Waals surface area contributed by atoms with E-state index in [9.17, 15) is 8.78 Å². The van der Waals surface area contributed by atoms with E-state index in [4.69, 9.17) is 15.7 Å². The fourth-order valence-electron chi connectivity index (χ4n) is 1.51. The first-order valence-electron chi connectivity index (χ1n) is 5.41. The Labute approximate surface area is 121 Å². The van der Waals surface area contributed by atoms with Crippen LogP contribution in [0.3, 0.4) is 0 Å². The molecule has 0 fully saturated rings. The van der Waals surface area contributed by atoms with Gasteiger partial charge in [0.25, 0.3) is 0 Å². The molecular formula is C13H9BrF2N2O2. The monoisotopic (exact) mass is 342 g/mol. The Morgan fingerprint density at radius 1 is 1.20 bits per heavy atom. The summed E-state index contributed by atoms with van der Waals surface area (Å²) in [6, 6.07) is 7.66. The molecule has 0 aromatic heterocycles. The van der Waals surface area contributed by atoms with Gasteiger partial charge < -0.3 is 15.7 Å². The normalized spacial score (nSPS) is 11.4. The second-order valence-corrected chi connectivity index (χ2v) is 4.66. The molecule has 0 aliphatic heterocycles. The van der Waals surface area contributed by atoms with Gasteiger partial charge in [0.2, 0.25) is 0 Å². The van der Waals surface area contributed by atoms with E-state index >= 15 is 0 Å². The van der Waals surface area contributed by atoms with E-state index in [0.29, 0.717) is 4.47 Å². The highest BCUT2D eigenvalue weighted by molar-refractivity contribution is 9.10. The number of amidine groups is 1. The van der Waals surface area contributed by atoms with Gasteiger partial charge in [0.1, 0.15) is 23.1 Å². The summed E-state index contributed by atoms with van der Waals surface area (Å²) in [5.74, 6) is -1.04. The number of nitrogens with two attached hydrogens (primary N) is 1. The summed E-state index contributed by atoms with van der Waals surface area (Å²) in [7, 11) is 0. The van der Waals surface area contributed by atoms with Crippen molar-refractivity contribution in [1.82, 2.24) is 0 Å². The van der Waals surface area contributed by atoms with E-state index < -0.39 is 11.6 Å². The van der Waals surface area contributed by atoms with Gasteiger partial charge in [0.05, 0.1) is 10.0 Å². The molecule has 0 saturated carbocycles. The zero-order valence-corrected chi connectivity index (χ0v) is 11.6. The number of hydrogen-bond acceptors (Lipinski definition) is 3. The van der Waals surface area contributed by atoms with Crippen molar-refractivity contribution in [2.45, 2.75) is 0 Å². The van der Waals surface area contributed by atoms with Crippen molar-refractivity contribution in [3.63, 3.8) is 0 Å². The average Bonchev–Trinajstić information content (AvgIpc) is 2.44. The lowest BCUT2D eigenvalue weighted by atomic mass is 10.2. The zero-order chi connectivity index (χ0) is 14.7. The summed E-state index contributed by atoms with van der Waals surface area (Å²) in [6.45, 7) is 0. The maximum absolute atomic E-state index is 13.4. The van der Waals surface area contributed by atoms with Crippen LogP contribution in [0.2, 0.25) is 0 Å². The minimum Gasteiger partial charge on any atom is -0.456 e. The predicted octanol–water partition coefficient (Wildman–Crippen LogP) is 3.61. The molecule has 0 unspecified atom stereocenters. The second kappa shape index (κ2) is 5.87. The summed E-state index contributed by atoms with van der Waals surface area (Å²) in [5, 5.41) is 11.5. The lowest BCUT2D eigenvalue weighted by Gasteiger charge is -2.10. The van der Waals surface area contributed by atoms with E-state index in [2.05, 4.69) is 21.1 Å². The van der Waals surface area contributed by atoms with Crippen LogP contribution in [0.1, 0.15) is 5.56 Å². The molecule has 0 saturated heterocycles. The molecule has 20 heavy (non-hydrogen) atoms. The van der Waals surface area contributed by atoms with E-state index in [0.717, 1.165) is 18.2 Å². The van der Waals surface area contributed by atoms with Gasteiger partial charge in [-0.2, -0.15) is 0 Å². The van der Waals surface area contributed by atoms with E-state index in [1.165, 1.54) is 18.2 Å². The van der Waals surface area contributed by atoms with Gasteiger partial charge in [-0.3, -0.25) is 0 Å². The van der Waals surface area contributed by atoms with E-state index in [1.54, 1.807) is 0 Å². The number of halogens is 3. The lowest BCUT2D eigenvalue weighted by Crippen LogP contribution is -2.14. The Morgan fingerprint density at radius 2 is 1.95 bits per heavy atom. The topological polar surface area (TPSA) is 67.8 Å². The van der Waals surface area contributed by atoms with Crippen molar-refractivity contribution in [3.8, 4) is 11.5 Å². The molecular weight excluding hydrogens is 334 g/mol. The number of ether oxygens (including phenoxy) is 1. The highest BCUT2D eigenvalue weighted by Crippen LogP contribution is 2.28. The van der Waals surface area contributed by atoms with Crippen LogP contribution < -0.4 is 10.5 Å². The molecule has 104 valence electrons. The summed E-state index contributed by atoms with van der Waals surface area (Å²) < 4.78 is 32.3. The van der Waals surface area contributed by atoms with Crippen LogP contribution in [0.15, 0.2) is 46.0 Å². The Hall–Kier alpha value is -2.15. The van der Waals surface area contributed by atoms with Crippen LogP contribution in [0.5, 0.6) is 11.5 Å². The molecule has 4 nitrogen and oxygen atoms in total. The summed E-state index contributed by atoms with van der Waals surface area (Å²) in [4.78, 5) is 0. The van der Waals surface area contributed by atoms with Gasteiger partial charge in [-0.05, 0) is 46.3 Å².